The lowest BCUT2D eigenvalue weighted by molar-refractivity contribution is 0.0948. The highest BCUT2D eigenvalue weighted by Crippen LogP contribution is 2.09. The Morgan fingerprint density at radius 3 is 2.83 bits per heavy atom. The second kappa shape index (κ2) is 8.82. The Labute approximate surface area is 135 Å². The van der Waals surface area contributed by atoms with Crippen molar-refractivity contribution in [1.82, 2.24) is 15.3 Å². The first-order chi connectivity index (χ1) is 11.2. The molecule has 0 saturated carbocycles. The second-order valence-corrected chi connectivity index (χ2v) is 5.17. The number of hydrogen-bond donors (Lipinski definition) is 2. The summed E-state index contributed by atoms with van der Waals surface area (Å²) in [6.45, 7) is 3.00. The number of carbonyl (C=O) groups excluding carboxylic acids is 1. The summed E-state index contributed by atoms with van der Waals surface area (Å²) in [5, 5.41) is 5.76. The summed E-state index contributed by atoms with van der Waals surface area (Å²) in [5.74, 6) is -0.211. The van der Waals surface area contributed by atoms with Gasteiger partial charge < -0.3 is 10.6 Å². The minimum atomic E-state index is -0.287. The lowest BCUT2D eigenvalue weighted by Gasteiger charge is -2.08. The highest BCUT2D eigenvalue weighted by Gasteiger charge is 2.08. The number of amides is 1. The molecule has 23 heavy (non-hydrogen) atoms. The lowest BCUT2D eigenvalue weighted by Crippen LogP contribution is -2.25. The summed E-state index contributed by atoms with van der Waals surface area (Å²) in [5.41, 5.74) is 0.818. The van der Waals surface area contributed by atoms with Crippen molar-refractivity contribution in [2.45, 2.75) is 32.7 Å². The van der Waals surface area contributed by atoms with Crippen LogP contribution in [-0.4, -0.2) is 22.4 Å². The van der Waals surface area contributed by atoms with Crippen LogP contribution in [0, 0.1) is 5.82 Å². The Bertz CT molecular complexity index is 648. The molecule has 0 aliphatic rings. The molecular weight excluding hydrogens is 295 g/mol. The van der Waals surface area contributed by atoms with E-state index in [1.54, 1.807) is 24.3 Å². The van der Waals surface area contributed by atoms with Gasteiger partial charge in [-0.05, 0) is 18.6 Å². The molecule has 1 heterocycles. The number of rotatable bonds is 8. The zero-order valence-corrected chi connectivity index (χ0v) is 13.2. The average Bonchev–Trinajstić information content (AvgIpc) is 2.58. The number of nitrogens with zero attached hydrogens (tertiary/aromatic N) is 2. The minimum Gasteiger partial charge on any atom is -0.351 e. The van der Waals surface area contributed by atoms with Crippen molar-refractivity contribution in [3.63, 3.8) is 0 Å². The first kappa shape index (κ1) is 16.9. The molecule has 6 heteroatoms. The van der Waals surface area contributed by atoms with Crippen molar-refractivity contribution < 1.29 is 9.18 Å². The average molecular weight is 316 g/mol. The van der Waals surface area contributed by atoms with Crippen molar-refractivity contribution in [2.24, 2.45) is 0 Å². The van der Waals surface area contributed by atoms with Gasteiger partial charge >= 0.3 is 0 Å². The summed E-state index contributed by atoms with van der Waals surface area (Å²) >= 11 is 0. The number of anilines is 1. The van der Waals surface area contributed by atoms with Crippen molar-refractivity contribution in [3.05, 3.63) is 53.6 Å². The van der Waals surface area contributed by atoms with Gasteiger partial charge in [-0.1, -0.05) is 38.0 Å². The predicted octanol–water partition coefficient (Wildman–Crippen LogP) is 3.15. The van der Waals surface area contributed by atoms with Crippen LogP contribution in [0.25, 0.3) is 0 Å². The van der Waals surface area contributed by atoms with E-state index in [1.165, 1.54) is 12.3 Å². The topological polar surface area (TPSA) is 66.9 Å². The molecule has 122 valence electrons. The van der Waals surface area contributed by atoms with E-state index in [-0.39, 0.29) is 18.3 Å². The zero-order chi connectivity index (χ0) is 16.5. The SMILES string of the molecule is CCCCCNC(=O)c1ccnc(NCc2ccccc2F)n1. The van der Waals surface area contributed by atoms with Crippen LogP contribution in [0.4, 0.5) is 10.3 Å². The molecule has 0 saturated heterocycles. The van der Waals surface area contributed by atoms with Crippen LogP contribution < -0.4 is 10.6 Å². The molecule has 0 radical (unpaired) electrons. The first-order valence-corrected chi connectivity index (χ1v) is 7.79. The fraction of sp³-hybridized carbons (Fsp3) is 0.353. The molecule has 1 amide bonds. The van der Waals surface area contributed by atoms with Crippen LogP contribution in [-0.2, 0) is 6.54 Å². The zero-order valence-electron chi connectivity index (χ0n) is 13.2. The Balaban J connectivity index is 1.91. The summed E-state index contributed by atoms with van der Waals surface area (Å²) < 4.78 is 13.6. The molecule has 2 rings (SSSR count). The van der Waals surface area contributed by atoms with Gasteiger partial charge in [-0.3, -0.25) is 4.79 Å². The van der Waals surface area contributed by atoms with Gasteiger partial charge in [0.15, 0.2) is 0 Å². The maximum atomic E-state index is 13.6. The number of halogens is 1. The number of benzene rings is 1. The number of nitrogens with one attached hydrogen (secondary N) is 2. The summed E-state index contributed by atoms with van der Waals surface area (Å²) in [6.07, 6.45) is 4.65. The van der Waals surface area contributed by atoms with E-state index in [2.05, 4.69) is 27.5 Å². The maximum Gasteiger partial charge on any atom is 0.270 e. The van der Waals surface area contributed by atoms with Gasteiger partial charge in [-0.25, -0.2) is 14.4 Å². The van der Waals surface area contributed by atoms with Crippen molar-refractivity contribution in [1.29, 1.82) is 0 Å². The van der Waals surface area contributed by atoms with Gasteiger partial charge in [0.2, 0.25) is 5.95 Å². The van der Waals surface area contributed by atoms with E-state index >= 15 is 0 Å². The Morgan fingerprint density at radius 2 is 2.04 bits per heavy atom. The molecule has 0 aliphatic heterocycles. The normalized spacial score (nSPS) is 10.3. The third kappa shape index (κ3) is 5.32. The van der Waals surface area contributed by atoms with Gasteiger partial charge in [-0.15, -0.1) is 0 Å². The number of hydrogen-bond acceptors (Lipinski definition) is 4. The van der Waals surface area contributed by atoms with Gasteiger partial charge in [0.1, 0.15) is 11.5 Å². The molecule has 2 N–H and O–H groups in total. The van der Waals surface area contributed by atoms with E-state index in [0.29, 0.717) is 23.8 Å². The van der Waals surface area contributed by atoms with Crippen LogP contribution >= 0.6 is 0 Å². The van der Waals surface area contributed by atoms with Gasteiger partial charge in [0.05, 0.1) is 0 Å². The number of aromatic nitrogens is 2. The smallest absolute Gasteiger partial charge is 0.270 e. The summed E-state index contributed by atoms with van der Waals surface area (Å²) in [7, 11) is 0. The van der Waals surface area contributed by atoms with Crippen molar-refractivity contribution >= 4 is 11.9 Å². The van der Waals surface area contributed by atoms with E-state index in [1.807, 2.05) is 0 Å². The molecule has 2 aromatic rings. The Kier molecular flexibility index (Phi) is 6.47. The van der Waals surface area contributed by atoms with Crippen LogP contribution in [0.1, 0.15) is 42.2 Å². The fourth-order valence-corrected chi connectivity index (χ4v) is 2.05. The van der Waals surface area contributed by atoms with Crippen molar-refractivity contribution in [2.75, 3.05) is 11.9 Å². The van der Waals surface area contributed by atoms with E-state index in [9.17, 15) is 9.18 Å². The number of unbranched alkanes of at least 4 members (excludes halogenated alkanes) is 2. The summed E-state index contributed by atoms with van der Waals surface area (Å²) in [6, 6.07) is 8.05. The van der Waals surface area contributed by atoms with Gasteiger partial charge in [0, 0.05) is 24.8 Å². The highest BCUT2D eigenvalue weighted by molar-refractivity contribution is 5.92. The fourth-order valence-electron chi connectivity index (χ4n) is 2.05. The molecule has 0 spiro atoms. The first-order valence-electron chi connectivity index (χ1n) is 7.79. The standard InChI is InChI=1S/C17H21FN4O/c1-2-3-6-10-19-16(23)15-9-11-20-17(22-15)21-12-13-7-4-5-8-14(13)18/h4-5,7-9,11H,2-3,6,10,12H2,1H3,(H,19,23)(H,20,21,22). The Morgan fingerprint density at radius 1 is 1.22 bits per heavy atom. The molecule has 0 bridgehead atoms. The molecule has 5 nitrogen and oxygen atoms in total. The molecule has 1 aromatic carbocycles. The second-order valence-electron chi connectivity index (χ2n) is 5.17. The van der Waals surface area contributed by atoms with Crippen LogP contribution in [0.5, 0.6) is 0 Å². The molecular formula is C17H21FN4O. The van der Waals surface area contributed by atoms with E-state index in [4.69, 9.17) is 0 Å². The van der Waals surface area contributed by atoms with E-state index in [0.717, 1.165) is 19.3 Å². The third-order valence-electron chi connectivity index (χ3n) is 3.35. The molecule has 0 atom stereocenters. The third-order valence-corrected chi connectivity index (χ3v) is 3.35. The Hall–Kier alpha value is -2.50. The van der Waals surface area contributed by atoms with Crippen LogP contribution in [0.15, 0.2) is 36.5 Å². The minimum absolute atomic E-state index is 0.225. The van der Waals surface area contributed by atoms with Gasteiger partial charge in [-0.2, -0.15) is 0 Å². The number of carbonyl (C=O) groups is 1. The maximum absolute atomic E-state index is 13.6. The van der Waals surface area contributed by atoms with Gasteiger partial charge in [0.25, 0.3) is 5.91 Å². The van der Waals surface area contributed by atoms with Crippen molar-refractivity contribution in [3.8, 4) is 0 Å². The quantitative estimate of drug-likeness (QED) is 0.734. The monoisotopic (exact) mass is 316 g/mol. The molecule has 0 fully saturated rings. The summed E-state index contributed by atoms with van der Waals surface area (Å²) in [4.78, 5) is 20.2. The van der Waals surface area contributed by atoms with Crippen LogP contribution in [0.3, 0.4) is 0 Å². The van der Waals surface area contributed by atoms with Crippen LogP contribution in [0.2, 0.25) is 0 Å². The van der Waals surface area contributed by atoms with E-state index < -0.39 is 0 Å². The molecule has 0 aliphatic carbocycles. The largest absolute Gasteiger partial charge is 0.351 e. The lowest BCUT2D eigenvalue weighted by atomic mass is 10.2. The molecule has 1 aromatic heterocycles. The highest BCUT2D eigenvalue weighted by atomic mass is 19.1. The predicted molar refractivity (Wildman–Crippen MR) is 87.6 cm³/mol. The molecule has 0 unspecified atom stereocenters.